The highest BCUT2D eigenvalue weighted by Gasteiger charge is 2.31. The minimum atomic E-state index is -0.842. The highest BCUT2D eigenvalue weighted by molar-refractivity contribution is 7.99. The van der Waals surface area contributed by atoms with Crippen LogP contribution in [0.1, 0.15) is 13.3 Å². The maximum absolute atomic E-state index is 12.4. The van der Waals surface area contributed by atoms with Gasteiger partial charge >= 0.3 is 12.0 Å². The van der Waals surface area contributed by atoms with Gasteiger partial charge in [0.05, 0.1) is 12.5 Å². The van der Waals surface area contributed by atoms with Crippen LogP contribution in [0, 0.1) is 0 Å². The Morgan fingerprint density at radius 1 is 1.58 bits per heavy atom. The molecule has 0 aromatic rings. The first kappa shape index (κ1) is 16.5. The number of rotatable bonds is 5. The molecule has 1 rings (SSSR count). The number of thioether (sulfide) groups is 2. The zero-order valence-electron chi connectivity index (χ0n) is 11.7. The number of urea groups is 1. The normalized spacial score (nSPS) is 21.0. The van der Waals surface area contributed by atoms with Gasteiger partial charge in [-0.05, 0) is 13.2 Å². The maximum Gasteiger partial charge on any atom is 0.320 e. The van der Waals surface area contributed by atoms with E-state index in [1.807, 2.05) is 13.2 Å². The predicted octanol–water partition coefficient (Wildman–Crippen LogP) is 1.68. The lowest BCUT2D eigenvalue weighted by molar-refractivity contribution is -0.138. The van der Waals surface area contributed by atoms with Crippen molar-refractivity contribution in [1.82, 2.24) is 9.80 Å². The third-order valence-corrected chi connectivity index (χ3v) is 5.16. The van der Waals surface area contributed by atoms with Crippen LogP contribution in [-0.2, 0) is 4.79 Å². The van der Waals surface area contributed by atoms with E-state index < -0.39 is 5.97 Å². The van der Waals surface area contributed by atoms with Gasteiger partial charge in [-0.2, -0.15) is 23.5 Å². The van der Waals surface area contributed by atoms with Crippen LogP contribution in [0.15, 0.2) is 0 Å². The van der Waals surface area contributed by atoms with E-state index in [2.05, 4.69) is 0 Å². The van der Waals surface area contributed by atoms with Gasteiger partial charge in [0.2, 0.25) is 0 Å². The number of nitrogens with zero attached hydrogens (tertiary/aromatic N) is 2. The van der Waals surface area contributed by atoms with E-state index in [0.29, 0.717) is 12.3 Å². The van der Waals surface area contributed by atoms with E-state index in [1.54, 1.807) is 40.4 Å². The van der Waals surface area contributed by atoms with Crippen molar-refractivity contribution in [1.29, 1.82) is 0 Å². The van der Waals surface area contributed by atoms with Crippen molar-refractivity contribution in [3.05, 3.63) is 0 Å². The number of hydrogen-bond donors (Lipinski definition) is 1. The lowest BCUT2D eigenvalue weighted by Gasteiger charge is -2.38. The molecule has 0 aromatic carbocycles. The summed E-state index contributed by atoms with van der Waals surface area (Å²) >= 11 is 3.42. The van der Waals surface area contributed by atoms with Crippen LogP contribution < -0.4 is 0 Å². The lowest BCUT2D eigenvalue weighted by atomic mass is 10.2. The van der Waals surface area contributed by atoms with Crippen LogP contribution in [0.4, 0.5) is 4.79 Å². The van der Waals surface area contributed by atoms with Gasteiger partial charge in [-0.25, -0.2) is 4.79 Å². The molecule has 1 saturated heterocycles. The zero-order valence-corrected chi connectivity index (χ0v) is 13.3. The Morgan fingerprint density at radius 2 is 2.26 bits per heavy atom. The molecule has 1 aliphatic heterocycles. The van der Waals surface area contributed by atoms with Crippen molar-refractivity contribution in [2.45, 2.75) is 25.4 Å². The Morgan fingerprint density at radius 3 is 2.84 bits per heavy atom. The number of carbonyl (C=O) groups is 2. The van der Waals surface area contributed by atoms with Crippen molar-refractivity contribution in [2.75, 3.05) is 37.1 Å². The second-order valence-corrected chi connectivity index (χ2v) is 6.78. The summed E-state index contributed by atoms with van der Waals surface area (Å²) in [5.41, 5.74) is 0. The number of hydrogen-bond acceptors (Lipinski definition) is 4. The average molecular weight is 306 g/mol. The summed E-state index contributed by atoms with van der Waals surface area (Å²) in [5, 5.41) is 8.93. The van der Waals surface area contributed by atoms with Crippen molar-refractivity contribution in [2.24, 2.45) is 0 Å². The molecule has 1 N–H and O–H groups in total. The van der Waals surface area contributed by atoms with Crippen molar-refractivity contribution in [3.63, 3.8) is 0 Å². The van der Waals surface area contributed by atoms with Gasteiger partial charge in [-0.3, -0.25) is 4.79 Å². The summed E-state index contributed by atoms with van der Waals surface area (Å²) in [6, 6.07) is -0.0802. The molecular formula is C12H22N2O3S2. The largest absolute Gasteiger partial charge is 0.481 e. The summed E-state index contributed by atoms with van der Waals surface area (Å²) in [4.78, 5) is 26.8. The summed E-state index contributed by atoms with van der Waals surface area (Å²) < 4.78 is 0. The van der Waals surface area contributed by atoms with E-state index in [4.69, 9.17) is 5.11 Å². The van der Waals surface area contributed by atoms with Gasteiger partial charge < -0.3 is 14.9 Å². The minimum absolute atomic E-state index is 0.0312. The Balaban J connectivity index is 2.68. The summed E-state index contributed by atoms with van der Waals surface area (Å²) in [6.07, 6.45) is 2.04. The van der Waals surface area contributed by atoms with Gasteiger partial charge in [-0.15, -0.1) is 0 Å². The van der Waals surface area contributed by atoms with E-state index in [9.17, 15) is 9.59 Å². The predicted molar refractivity (Wildman–Crippen MR) is 81.1 cm³/mol. The SMILES string of the molecule is CSCC(C)N(C)C(=O)N1CCSCC1CC(=O)O. The number of carboxylic acids is 1. The fourth-order valence-electron chi connectivity index (χ4n) is 2.02. The molecule has 0 radical (unpaired) electrons. The second-order valence-electron chi connectivity index (χ2n) is 4.72. The number of carbonyl (C=O) groups excluding carboxylic acids is 1. The molecule has 0 bridgehead atoms. The van der Waals surface area contributed by atoms with Crippen LogP contribution in [0.3, 0.4) is 0 Å². The molecule has 7 heteroatoms. The number of amides is 2. The monoisotopic (exact) mass is 306 g/mol. The quantitative estimate of drug-likeness (QED) is 0.837. The van der Waals surface area contributed by atoms with E-state index in [1.165, 1.54) is 0 Å². The molecule has 0 aromatic heterocycles. The van der Waals surface area contributed by atoms with Gasteiger partial charge in [0.1, 0.15) is 0 Å². The highest BCUT2D eigenvalue weighted by Crippen LogP contribution is 2.21. The van der Waals surface area contributed by atoms with Crippen LogP contribution in [0.25, 0.3) is 0 Å². The molecule has 1 heterocycles. The van der Waals surface area contributed by atoms with Gasteiger partial charge in [0.15, 0.2) is 0 Å². The third-order valence-electron chi connectivity index (χ3n) is 3.25. The Kier molecular flexibility index (Phi) is 6.85. The Hall–Kier alpha value is -0.560. The van der Waals surface area contributed by atoms with Gasteiger partial charge in [-0.1, -0.05) is 0 Å². The van der Waals surface area contributed by atoms with E-state index >= 15 is 0 Å². The molecular weight excluding hydrogens is 284 g/mol. The zero-order chi connectivity index (χ0) is 14.4. The molecule has 1 fully saturated rings. The molecule has 5 nitrogen and oxygen atoms in total. The standard InChI is InChI=1S/C12H22N2O3S2/c1-9(7-18-3)13(2)12(17)14-4-5-19-8-10(14)6-11(15)16/h9-10H,4-8H2,1-3H3,(H,15,16). The van der Waals surface area contributed by atoms with Crippen molar-refractivity contribution < 1.29 is 14.7 Å². The topological polar surface area (TPSA) is 60.9 Å². The molecule has 0 saturated carbocycles. The van der Waals surface area contributed by atoms with Gasteiger partial charge in [0.25, 0.3) is 0 Å². The summed E-state index contributed by atoms with van der Waals surface area (Å²) in [5.74, 6) is 1.63. The first-order chi connectivity index (χ1) is 8.97. The molecule has 0 spiro atoms. The average Bonchev–Trinajstić information content (AvgIpc) is 2.37. The highest BCUT2D eigenvalue weighted by atomic mass is 32.2. The fraction of sp³-hybridized carbons (Fsp3) is 0.833. The van der Waals surface area contributed by atoms with Crippen LogP contribution in [0.2, 0.25) is 0 Å². The summed E-state index contributed by atoms with van der Waals surface area (Å²) in [7, 11) is 1.79. The molecule has 2 amide bonds. The summed E-state index contributed by atoms with van der Waals surface area (Å²) in [6.45, 7) is 2.65. The second kappa shape index (κ2) is 7.89. The number of aliphatic carboxylic acids is 1. The Bertz CT molecular complexity index is 328. The molecule has 0 aliphatic carbocycles. The fourth-order valence-corrected chi connectivity index (χ4v) is 3.79. The van der Waals surface area contributed by atoms with Crippen LogP contribution in [0.5, 0.6) is 0 Å². The first-order valence-electron chi connectivity index (χ1n) is 6.29. The lowest BCUT2D eigenvalue weighted by Crippen LogP contribution is -2.53. The first-order valence-corrected chi connectivity index (χ1v) is 8.84. The minimum Gasteiger partial charge on any atom is -0.481 e. The molecule has 2 unspecified atom stereocenters. The maximum atomic E-state index is 12.4. The van der Waals surface area contributed by atoms with Crippen LogP contribution in [-0.4, -0.2) is 76.1 Å². The molecule has 2 atom stereocenters. The molecule has 110 valence electrons. The molecule has 1 aliphatic rings. The number of carboxylic acid groups (broad SMARTS) is 1. The third kappa shape index (κ3) is 4.80. The smallest absolute Gasteiger partial charge is 0.320 e. The van der Waals surface area contributed by atoms with E-state index in [0.717, 1.165) is 11.5 Å². The van der Waals surface area contributed by atoms with Crippen molar-refractivity contribution in [3.8, 4) is 0 Å². The molecule has 19 heavy (non-hydrogen) atoms. The van der Waals surface area contributed by atoms with Crippen molar-refractivity contribution >= 4 is 35.5 Å². The van der Waals surface area contributed by atoms with Gasteiger partial charge in [0, 0.05) is 36.9 Å². The Labute approximate surface area is 123 Å². The van der Waals surface area contributed by atoms with Crippen LogP contribution >= 0.6 is 23.5 Å². The van der Waals surface area contributed by atoms with E-state index in [-0.39, 0.29) is 24.5 Å².